The third-order valence-corrected chi connectivity index (χ3v) is 7.92. The number of para-hydroxylation sites is 1. The van der Waals surface area contributed by atoms with Crippen LogP contribution < -0.4 is 4.90 Å². The Morgan fingerprint density at radius 2 is 1.64 bits per heavy atom. The number of carbonyl (C=O) groups is 2. The summed E-state index contributed by atoms with van der Waals surface area (Å²) in [4.78, 5) is 41.4. The molecule has 202 valence electrons. The molecule has 5 atom stereocenters. The Morgan fingerprint density at radius 3 is 2.26 bits per heavy atom. The Balaban J connectivity index is 1.76. The number of fused-ring (bicyclic) bond motifs is 2. The average molecular weight is 549 g/mol. The van der Waals surface area contributed by atoms with E-state index < -0.39 is 47.0 Å². The summed E-state index contributed by atoms with van der Waals surface area (Å²) in [6.45, 7) is 5.07. The van der Waals surface area contributed by atoms with E-state index in [1.165, 1.54) is 0 Å². The maximum absolute atomic E-state index is 14.5. The number of carbonyl (C=O) groups excluding carboxylic acids is 2. The van der Waals surface area contributed by atoms with Gasteiger partial charge in [-0.15, -0.1) is 0 Å². The summed E-state index contributed by atoms with van der Waals surface area (Å²) >= 11 is 6.09. The topological polar surface area (TPSA) is 110 Å². The van der Waals surface area contributed by atoms with Crippen LogP contribution >= 0.6 is 11.6 Å². The number of hydrogen-bond donors (Lipinski definition) is 1. The van der Waals surface area contributed by atoms with Crippen LogP contribution in [0.15, 0.2) is 78.9 Å². The van der Waals surface area contributed by atoms with Crippen molar-refractivity contribution >= 4 is 29.3 Å². The van der Waals surface area contributed by atoms with Crippen molar-refractivity contribution in [1.82, 2.24) is 0 Å². The number of hydrogen-bond acceptors (Lipinski definition) is 6. The van der Waals surface area contributed by atoms with Crippen LogP contribution in [0.3, 0.4) is 0 Å². The van der Waals surface area contributed by atoms with Gasteiger partial charge in [0, 0.05) is 9.95 Å². The molecule has 1 heterocycles. The van der Waals surface area contributed by atoms with Gasteiger partial charge in [-0.3, -0.25) is 14.9 Å². The summed E-state index contributed by atoms with van der Waals surface area (Å²) in [6, 6.07) is 20.8. The Bertz CT molecular complexity index is 1420. The summed E-state index contributed by atoms with van der Waals surface area (Å²) < 4.78 is 5.57. The van der Waals surface area contributed by atoms with Gasteiger partial charge < -0.3 is 9.84 Å². The fourth-order valence-corrected chi connectivity index (χ4v) is 6.37. The van der Waals surface area contributed by atoms with Crippen molar-refractivity contribution in [2.75, 3.05) is 4.90 Å². The standard InChI is InChI=1S/C30H29ClN2O6/c1-29(2,3)39-28(36)32-23-12-8-7-11-22(23)30(27(32)35)24(34)17-21(18-13-15-20(31)16-14-18)26(33(37)38)25(30)19-9-5-4-6-10-19/h4-16,21,24-26,34H,17H2,1-3H3/t21-,24+,25-,26+,30+/m0/s1. The smallest absolute Gasteiger partial charge is 0.421 e. The summed E-state index contributed by atoms with van der Waals surface area (Å²) in [5.74, 6) is -2.56. The van der Waals surface area contributed by atoms with E-state index in [9.17, 15) is 24.8 Å². The zero-order chi connectivity index (χ0) is 28.1. The normalized spacial score (nSPS) is 26.4. The zero-order valence-electron chi connectivity index (χ0n) is 21.8. The highest BCUT2D eigenvalue weighted by molar-refractivity contribution is 6.30. The van der Waals surface area contributed by atoms with Crippen molar-refractivity contribution in [2.45, 2.75) is 62.2 Å². The maximum atomic E-state index is 14.5. The second kappa shape index (κ2) is 9.77. The number of nitro groups is 1. The molecule has 0 radical (unpaired) electrons. The summed E-state index contributed by atoms with van der Waals surface area (Å²) in [5, 5.41) is 25.4. The molecule has 0 bridgehead atoms. The number of aliphatic hydroxyl groups is 1. The highest BCUT2D eigenvalue weighted by Crippen LogP contribution is 2.60. The number of amides is 2. The molecule has 0 unspecified atom stereocenters. The molecule has 9 heteroatoms. The number of benzene rings is 3. The van der Waals surface area contributed by atoms with Gasteiger partial charge >= 0.3 is 6.09 Å². The predicted molar refractivity (Wildman–Crippen MR) is 147 cm³/mol. The van der Waals surface area contributed by atoms with Crippen molar-refractivity contribution < 1.29 is 24.4 Å². The lowest BCUT2D eigenvalue weighted by molar-refractivity contribution is -0.537. The molecule has 2 amide bonds. The molecule has 1 fully saturated rings. The van der Waals surface area contributed by atoms with Crippen LogP contribution in [0.25, 0.3) is 0 Å². The third kappa shape index (κ3) is 4.37. The summed E-state index contributed by atoms with van der Waals surface area (Å²) in [6.07, 6.45) is -2.31. The minimum atomic E-state index is -1.80. The van der Waals surface area contributed by atoms with Gasteiger partial charge in [-0.05, 0) is 62.1 Å². The first-order valence-electron chi connectivity index (χ1n) is 12.8. The summed E-state index contributed by atoms with van der Waals surface area (Å²) in [5.41, 5.74) is -0.915. The number of imide groups is 1. The fourth-order valence-electron chi connectivity index (χ4n) is 6.25. The van der Waals surface area contributed by atoms with E-state index in [4.69, 9.17) is 16.3 Å². The lowest BCUT2D eigenvalue weighted by Crippen LogP contribution is -2.62. The van der Waals surface area contributed by atoms with Gasteiger partial charge in [-0.2, -0.15) is 0 Å². The van der Waals surface area contributed by atoms with E-state index in [1.54, 1.807) is 99.6 Å². The van der Waals surface area contributed by atoms with Gasteiger partial charge in [-0.25, -0.2) is 9.69 Å². The average Bonchev–Trinajstić information content (AvgIpc) is 3.14. The van der Waals surface area contributed by atoms with Crippen molar-refractivity contribution in [3.63, 3.8) is 0 Å². The molecular weight excluding hydrogens is 520 g/mol. The first-order chi connectivity index (χ1) is 18.5. The fraction of sp³-hybridized carbons (Fsp3) is 0.333. The zero-order valence-corrected chi connectivity index (χ0v) is 22.5. The first kappa shape index (κ1) is 26.8. The predicted octanol–water partition coefficient (Wildman–Crippen LogP) is 5.84. The number of aliphatic hydroxyl groups excluding tert-OH is 1. The second-order valence-electron chi connectivity index (χ2n) is 11.1. The van der Waals surface area contributed by atoms with Crippen LogP contribution in [0.4, 0.5) is 10.5 Å². The number of nitrogens with zero attached hydrogens (tertiary/aromatic N) is 2. The minimum Gasteiger partial charge on any atom is -0.443 e. The van der Waals surface area contributed by atoms with E-state index in [0.29, 0.717) is 21.7 Å². The maximum Gasteiger partial charge on any atom is 0.421 e. The van der Waals surface area contributed by atoms with Crippen LogP contribution in [0, 0.1) is 10.1 Å². The first-order valence-corrected chi connectivity index (χ1v) is 13.1. The van der Waals surface area contributed by atoms with Crippen molar-refractivity contribution in [2.24, 2.45) is 0 Å². The van der Waals surface area contributed by atoms with Gasteiger partial charge in [0.05, 0.1) is 23.6 Å². The molecular formula is C30H29ClN2O6. The number of rotatable bonds is 3. The minimum absolute atomic E-state index is 0.0706. The number of anilines is 1. The van der Waals surface area contributed by atoms with Crippen LogP contribution in [-0.2, 0) is 14.9 Å². The third-order valence-electron chi connectivity index (χ3n) is 7.67. The van der Waals surface area contributed by atoms with Crippen LogP contribution in [0.5, 0.6) is 0 Å². The van der Waals surface area contributed by atoms with Crippen LogP contribution in [-0.4, -0.2) is 39.8 Å². The van der Waals surface area contributed by atoms with Crippen LogP contribution in [0.2, 0.25) is 5.02 Å². The molecule has 39 heavy (non-hydrogen) atoms. The van der Waals surface area contributed by atoms with Gasteiger partial charge in [0.25, 0.3) is 5.91 Å². The molecule has 2 aliphatic rings. The summed E-state index contributed by atoms with van der Waals surface area (Å²) in [7, 11) is 0. The molecule has 1 saturated carbocycles. The van der Waals surface area contributed by atoms with Crippen molar-refractivity contribution in [3.05, 3.63) is 111 Å². The van der Waals surface area contributed by atoms with Gasteiger partial charge in [0.1, 0.15) is 11.0 Å². The molecule has 1 spiro atoms. The van der Waals surface area contributed by atoms with E-state index >= 15 is 0 Å². The van der Waals surface area contributed by atoms with Gasteiger partial charge in [0.2, 0.25) is 6.04 Å². The molecule has 1 aliphatic heterocycles. The van der Waals surface area contributed by atoms with E-state index in [1.807, 2.05) is 0 Å². The Labute approximate surface area is 231 Å². The van der Waals surface area contributed by atoms with Crippen molar-refractivity contribution in [3.8, 4) is 0 Å². The molecule has 8 nitrogen and oxygen atoms in total. The molecule has 3 aromatic rings. The SMILES string of the molecule is CC(C)(C)OC(=O)N1C(=O)[C@]2(c3ccccc31)[C@H](O)C[C@@H](c1ccc(Cl)cc1)[C@@H]([N+](=O)[O-])[C@@H]2c1ccccc1. The molecule has 0 saturated heterocycles. The van der Waals surface area contributed by atoms with Crippen LogP contribution in [0.1, 0.15) is 55.7 Å². The lowest BCUT2D eigenvalue weighted by atomic mass is 9.54. The Hall–Kier alpha value is -3.75. The molecule has 1 N–H and O–H groups in total. The number of ether oxygens (including phenoxy) is 1. The highest BCUT2D eigenvalue weighted by atomic mass is 35.5. The van der Waals surface area contributed by atoms with E-state index in [2.05, 4.69) is 0 Å². The molecule has 1 aliphatic carbocycles. The molecule has 3 aromatic carbocycles. The lowest BCUT2D eigenvalue weighted by Gasteiger charge is -2.47. The van der Waals surface area contributed by atoms with E-state index in [-0.39, 0.29) is 17.0 Å². The molecule has 5 rings (SSSR count). The second-order valence-corrected chi connectivity index (χ2v) is 11.5. The largest absolute Gasteiger partial charge is 0.443 e. The monoisotopic (exact) mass is 548 g/mol. The Morgan fingerprint density at radius 1 is 1.03 bits per heavy atom. The van der Waals surface area contributed by atoms with Gasteiger partial charge in [-0.1, -0.05) is 72.3 Å². The van der Waals surface area contributed by atoms with Crippen molar-refractivity contribution in [1.29, 1.82) is 0 Å². The highest BCUT2D eigenvalue weighted by Gasteiger charge is 2.69. The number of halogens is 1. The quantitative estimate of drug-likeness (QED) is 0.325. The van der Waals surface area contributed by atoms with Gasteiger partial charge in [0.15, 0.2) is 0 Å². The molecule has 0 aromatic heterocycles. The van der Waals surface area contributed by atoms with E-state index in [0.717, 1.165) is 4.90 Å². The Kier molecular flexibility index (Phi) is 6.73.